The van der Waals surface area contributed by atoms with Crippen molar-refractivity contribution in [3.63, 3.8) is 0 Å². The Bertz CT molecular complexity index is 1240. The molecular formula is C25H26N2O4. The number of hydrogen-bond acceptors (Lipinski definition) is 5. The minimum Gasteiger partial charge on any atom is -0.451 e. The van der Waals surface area contributed by atoms with Gasteiger partial charge in [-0.05, 0) is 69.0 Å². The average Bonchev–Trinajstić information content (AvgIpc) is 3.00. The smallest absolute Gasteiger partial charge is 0.338 e. The third-order valence-corrected chi connectivity index (χ3v) is 6.00. The molecule has 1 atom stereocenters. The zero-order valence-electron chi connectivity index (χ0n) is 18.1. The Balaban J connectivity index is 1.58. The number of carbonyl (C=O) groups excluding carboxylic acids is 2. The summed E-state index contributed by atoms with van der Waals surface area (Å²) in [4.78, 5) is 42.9. The summed E-state index contributed by atoms with van der Waals surface area (Å²) < 4.78 is 7.18. The van der Waals surface area contributed by atoms with Crippen LogP contribution in [0.15, 0.2) is 41.2 Å². The Morgan fingerprint density at radius 1 is 1.00 bits per heavy atom. The average molecular weight is 418 g/mol. The van der Waals surface area contributed by atoms with Crippen LogP contribution in [0.1, 0.15) is 63.9 Å². The van der Waals surface area contributed by atoms with Gasteiger partial charge in [0.2, 0.25) is 5.78 Å². The summed E-state index contributed by atoms with van der Waals surface area (Å²) in [6.07, 6.45) is 2.87. The van der Waals surface area contributed by atoms with Crippen molar-refractivity contribution in [3.8, 4) is 0 Å². The highest BCUT2D eigenvalue weighted by Crippen LogP contribution is 2.18. The lowest BCUT2D eigenvalue weighted by molar-refractivity contribution is 0.0319. The maximum atomic E-state index is 12.8. The number of hydrogen-bond donors (Lipinski definition) is 0. The lowest BCUT2D eigenvalue weighted by Gasteiger charge is -2.14. The Kier molecular flexibility index (Phi) is 5.72. The van der Waals surface area contributed by atoms with Gasteiger partial charge in [0.25, 0.3) is 5.56 Å². The molecule has 0 N–H and O–H groups in total. The van der Waals surface area contributed by atoms with Crippen molar-refractivity contribution in [2.45, 2.75) is 59.1 Å². The number of aryl methyl sites for hydroxylation is 3. The van der Waals surface area contributed by atoms with E-state index >= 15 is 0 Å². The number of aromatic nitrogens is 2. The first kappa shape index (κ1) is 21.0. The van der Waals surface area contributed by atoms with Gasteiger partial charge in [-0.2, -0.15) is 0 Å². The van der Waals surface area contributed by atoms with E-state index < -0.39 is 12.1 Å². The minimum absolute atomic E-state index is 0.0693. The van der Waals surface area contributed by atoms with Crippen LogP contribution >= 0.6 is 0 Å². The van der Waals surface area contributed by atoms with Gasteiger partial charge in [0.15, 0.2) is 6.10 Å². The Morgan fingerprint density at radius 2 is 1.77 bits per heavy atom. The van der Waals surface area contributed by atoms with Gasteiger partial charge in [0.1, 0.15) is 5.82 Å². The highest BCUT2D eigenvalue weighted by molar-refractivity contribution is 6.02. The van der Waals surface area contributed by atoms with E-state index in [1.807, 2.05) is 19.9 Å². The summed E-state index contributed by atoms with van der Waals surface area (Å²) in [6.45, 7) is 6.17. The van der Waals surface area contributed by atoms with Gasteiger partial charge >= 0.3 is 5.97 Å². The van der Waals surface area contributed by atoms with Gasteiger partial charge in [0.05, 0.1) is 16.5 Å². The van der Waals surface area contributed by atoms with E-state index in [1.54, 1.807) is 41.8 Å². The molecule has 0 unspecified atom stereocenters. The molecular weight excluding hydrogens is 392 g/mol. The van der Waals surface area contributed by atoms with Crippen molar-refractivity contribution >= 4 is 22.7 Å². The zero-order chi connectivity index (χ0) is 22.1. The molecule has 0 saturated carbocycles. The van der Waals surface area contributed by atoms with E-state index in [4.69, 9.17) is 4.74 Å². The summed E-state index contributed by atoms with van der Waals surface area (Å²) in [5.41, 5.74) is 3.31. The van der Waals surface area contributed by atoms with Crippen LogP contribution in [0.5, 0.6) is 0 Å². The molecule has 2 aromatic carbocycles. The Morgan fingerprint density at radius 3 is 2.55 bits per heavy atom. The van der Waals surface area contributed by atoms with E-state index in [2.05, 4.69) is 4.98 Å². The molecule has 6 nitrogen and oxygen atoms in total. The topological polar surface area (TPSA) is 78.3 Å². The second-order valence-electron chi connectivity index (χ2n) is 8.24. The highest BCUT2D eigenvalue weighted by atomic mass is 16.5. The molecule has 0 radical (unpaired) electrons. The van der Waals surface area contributed by atoms with Gasteiger partial charge in [0, 0.05) is 18.5 Å². The SMILES string of the molecule is Cc1ccc(C(=O)[C@@H](C)OC(=O)c2ccc3c(=O)n4c(nc3c2)CCCCC4)cc1C. The van der Waals surface area contributed by atoms with Crippen LogP contribution in [-0.4, -0.2) is 27.4 Å². The summed E-state index contributed by atoms with van der Waals surface area (Å²) in [5, 5.41) is 0.487. The predicted molar refractivity (Wildman–Crippen MR) is 119 cm³/mol. The molecule has 0 aliphatic carbocycles. The molecule has 6 heteroatoms. The third kappa shape index (κ3) is 4.15. The van der Waals surface area contributed by atoms with E-state index in [9.17, 15) is 14.4 Å². The maximum absolute atomic E-state index is 12.8. The number of carbonyl (C=O) groups is 2. The van der Waals surface area contributed by atoms with E-state index in [1.165, 1.54) is 0 Å². The first-order valence-electron chi connectivity index (χ1n) is 10.7. The number of ketones is 1. The molecule has 2 heterocycles. The van der Waals surface area contributed by atoms with E-state index in [0.29, 0.717) is 23.0 Å². The first-order chi connectivity index (χ1) is 14.8. The molecule has 0 spiro atoms. The van der Waals surface area contributed by atoms with E-state index in [-0.39, 0.29) is 16.9 Å². The standard InChI is InChI=1S/C25H26N2O4/c1-15-8-9-18(13-16(15)2)23(28)17(3)31-25(30)19-10-11-20-21(14-19)26-22-7-5-4-6-12-27(22)24(20)29/h8-11,13-14,17H,4-7,12H2,1-3H3/t17-/m1/s1. The van der Waals surface area contributed by atoms with Crippen LogP contribution in [0.2, 0.25) is 0 Å². The minimum atomic E-state index is -0.920. The highest BCUT2D eigenvalue weighted by Gasteiger charge is 2.22. The monoisotopic (exact) mass is 418 g/mol. The molecule has 1 aromatic heterocycles. The molecule has 3 aromatic rings. The van der Waals surface area contributed by atoms with Crippen LogP contribution in [0.25, 0.3) is 10.9 Å². The van der Waals surface area contributed by atoms with Crippen molar-refractivity contribution in [1.82, 2.24) is 9.55 Å². The predicted octanol–water partition coefficient (Wildman–Crippen LogP) is 4.17. The Hall–Kier alpha value is -3.28. The molecule has 0 saturated heterocycles. The van der Waals surface area contributed by atoms with Crippen LogP contribution < -0.4 is 5.56 Å². The molecule has 0 amide bonds. The Labute approximate surface area is 180 Å². The fraction of sp³-hybridized carbons (Fsp3) is 0.360. The largest absolute Gasteiger partial charge is 0.451 e. The number of esters is 1. The quantitative estimate of drug-likeness (QED) is 0.469. The van der Waals surface area contributed by atoms with Gasteiger partial charge in [-0.1, -0.05) is 18.6 Å². The second kappa shape index (κ2) is 8.46. The van der Waals surface area contributed by atoms with Crippen LogP contribution in [-0.2, 0) is 17.7 Å². The normalized spacial score (nSPS) is 14.5. The number of ether oxygens (including phenoxy) is 1. The number of Topliss-reactive ketones (excluding diaryl/α,β-unsaturated/α-hetero) is 1. The molecule has 0 bridgehead atoms. The van der Waals surface area contributed by atoms with Gasteiger partial charge in [-0.25, -0.2) is 9.78 Å². The van der Waals surface area contributed by atoms with Crippen molar-refractivity contribution in [3.05, 3.63) is 74.8 Å². The maximum Gasteiger partial charge on any atom is 0.338 e. The van der Waals surface area contributed by atoms with Crippen LogP contribution in [0, 0.1) is 13.8 Å². The number of benzene rings is 2. The molecule has 160 valence electrons. The van der Waals surface area contributed by atoms with Crippen LogP contribution in [0.3, 0.4) is 0 Å². The van der Waals surface area contributed by atoms with Gasteiger partial charge in [-0.3, -0.25) is 14.2 Å². The van der Waals surface area contributed by atoms with Gasteiger partial charge < -0.3 is 4.74 Å². The number of fused-ring (bicyclic) bond motifs is 2. The van der Waals surface area contributed by atoms with Crippen molar-refractivity contribution in [1.29, 1.82) is 0 Å². The van der Waals surface area contributed by atoms with E-state index in [0.717, 1.165) is 42.6 Å². The lowest BCUT2D eigenvalue weighted by Crippen LogP contribution is -2.26. The lowest BCUT2D eigenvalue weighted by atomic mass is 10.0. The molecule has 4 rings (SSSR count). The first-order valence-corrected chi connectivity index (χ1v) is 10.7. The molecule has 1 aliphatic rings. The molecule has 0 fully saturated rings. The second-order valence-corrected chi connectivity index (χ2v) is 8.24. The van der Waals surface area contributed by atoms with Crippen molar-refractivity contribution in [2.24, 2.45) is 0 Å². The number of rotatable bonds is 4. The fourth-order valence-electron chi connectivity index (χ4n) is 3.96. The molecule has 1 aliphatic heterocycles. The van der Waals surface area contributed by atoms with Crippen molar-refractivity contribution < 1.29 is 14.3 Å². The zero-order valence-corrected chi connectivity index (χ0v) is 18.1. The third-order valence-electron chi connectivity index (χ3n) is 6.00. The summed E-state index contributed by atoms with van der Waals surface area (Å²) in [5.74, 6) is -0.0961. The summed E-state index contributed by atoms with van der Waals surface area (Å²) >= 11 is 0. The number of nitrogens with zero attached hydrogens (tertiary/aromatic N) is 2. The fourth-order valence-corrected chi connectivity index (χ4v) is 3.96. The summed E-state index contributed by atoms with van der Waals surface area (Å²) in [6, 6.07) is 10.2. The van der Waals surface area contributed by atoms with Crippen molar-refractivity contribution in [2.75, 3.05) is 0 Å². The van der Waals surface area contributed by atoms with Crippen LogP contribution in [0.4, 0.5) is 0 Å². The summed E-state index contributed by atoms with van der Waals surface area (Å²) in [7, 11) is 0. The van der Waals surface area contributed by atoms with Gasteiger partial charge in [-0.15, -0.1) is 0 Å². The molecule has 31 heavy (non-hydrogen) atoms.